The van der Waals surface area contributed by atoms with Crippen LogP contribution in [0.15, 0.2) is 66.7 Å². The summed E-state index contributed by atoms with van der Waals surface area (Å²) in [5, 5.41) is 13.5. The number of rotatable bonds is 4. The van der Waals surface area contributed by atoms with Gasteiger partial charge in [-0.1, -0.05) is 18.2 Å². The summed E-state index contributed by atoms with van der Waals surface area (Å²) in [6.45, 7) is 0.587. The molecule has 0 radical (unpaired) electrons. The van der Waals surface area contributed by atoms with E-state index in [-0.39, 0.29) is 36.3 Å². The molecule has 5 nitrogen and oxygen atoms in total. The van der Waals surface area contributed by atoms with E-state index in [9.17, 15) is 14.3 Å². The first kappa shape index (κ1) is 20.5. The van der Waals surface area contributed by atoms with Crippen LogP contribution in [0.2, 0.25) is 0 Å². The first-order chi connectivity index (χ1) is 15.6. The van der Waals surface area contributed by atoms with Crippen molar-refractivity contribution in [1.82, 2.24) is 4.90 Å². The van der Waals surface area contributed by atoms with E-state index < -0.39 is 0 Å². The number of ether oxygens (including phenoxy) is 1. The van der Waals surface area contributed by atoms with Crippen molar-refractivity contribution in [2.45, 2.75) is 18.5 Å². The second-order valence-electron chi connectivity index (χ2n) is 8.37. The number of nitrogens with zero attached hydrogens (tertiary/aromatic N) is 1. The summed E-state index contributed by atoms with van der Waals surface area (Å²) >= 11 is 0. The molecule has 1 saturated heterocycles. The molecule has 0 saturated carbocycles. The molecular weight excluding hydrogens is 407 g/mol. The van der Waals surface area contributed by atoms with Crippen LogP contribution >= 0.6 is 0 Å². The SMILES string of the molecule is COc1cccc(-c2ccc3c(c2)[C@H]2[C@H](CCN2C(=O)c2ccc(F)cc2)[C@H](CO)N3)c1. The van der Waals surface area contributed by atoms with Gasteiger partial charge in [-0.3, -0.25) is 4.79 Å². The predicted octanol–water partition coefficient (Wildman–Crippen LogP) is 4.49. The summed E-state index contributed by atoms with van der Waals surface area (Å²) in [5.74, 6) is 0.396. The molecule has 0 unspecified atom stereocenters. The second kappa shape index (κ2) is 8.28. The molecule has 1 amide bonds. The highest BCUT2D eigenvalue weighted by Crippen LogP contribution is 2.47. The number of carbonyl (C=O) groups is 1. The Kier molecular flexibility index (Phi) is 5.31. The number of fused-ring (bicyclic) bond motifs is 3. The average Bonchev–Trinajstić information content (AvgIpc) is 3.29. The van der Waals surface area contributed by atoms with Gasteiger partial charge in [0.2, 0.25) is 0 Å². The van der Waals surface area contributed by atoms with E-state index in [2.05, 4.69) is 11.4 Å². The van der Waals surface area contributed by atoms with Gasteiger partial charge in [0.15, 0.2) is 0 Å². The Hall–Kier alpha value is -3.38. The van der Waals surface area contributed by atoms with Crippen LogP contribution in [0.3, 0.4) is 0 Å². The van der Waals surface area contributed by atoms with Crippen LogP contribution in [0.25, 0.3) is 11.1 Å². The zero-order valence-electron chi connectivity index (χ0n) is 17.8. The molecule has 3 aromatic rings. The zero-order chi connectivity index (χ0) is 22.2. The molecule has 164 valence electrons. The van der Waals surface area contributed by atoms with Gasteiger partial charge in [-0.05, 0) is 71.6 Å². The molecule has 5 rings (SSSR count). The first-order valence-corrected chi connectivity index (χ1v) is 10.8. The second-order valence-corrected chi connectivity index (χ2v) is 8.37. The van der Waals surface area contributed by atoms with E-state index in [1.165, 1.54) is 24.3 Å². The van der Waals surface area contributed by atoms with Crippen LogP contribution in [0.5, 0.6) is 5.75 Å². The van der Waals surface area contributed by atoms with Crippen molar-refractivity contribution in [2.75, 3.05) is 25.6 Å². The maximum atomic E-state index is 13.4. The fraction of sp³-hybridized carbons (Fsp3) is 0.269. The van der Waals surface area contributed by atoms with Gasteiger partial charge < -0.3 is 20.1 Å². The minimum absolute atomic E-state index is 0.00315. The van der Waals surface area contributed by atoms with E-state index in [1.807, 2.05) is 41.3 Å². The molecular formula is C26H25FN2O3. The van der Waals surface area contributed by atoms with Gasteiger partial charge in [0.25, 0.3) is 5.91 Å². The van der Waals surface area contributed by atoms with Gasteiger partial charge >= 0.3 is 0 Å². The molecule has 2 aliphatic rings. The van der Waals surface area contributed by atoms with Crippen molar-refractivity contribution in [3.8, 4) is 16.9 Å². The summed E-state index contributed by atoms with van der Waals surface area (Å²) < 4.78 is 18.8. The third-order valence-corrected chi connectivity index (χ3v) is 6.62. The van der Waals surface area contributed by atoms with Gasteiger partial charge in [0, 0.05) is 23.7 Å². The van der Waals surface area contributed by atoms with E-state index in [0.29, 0.717) is 12.1 Å². The minimum Gasteiger partial charge on any atom is -0.497 e. The Labute approximate surface area is 186 Å². The smallest absolute Gasteiger partial charge is 0.254 e. The Morgan fingerprint density at radius 2 is 1.91 bits per heavy atom. The molecule has 0 bridgehead atoms. The number of likely N-dealkylation sites (tertiary alicyclic amines) is 1. The Morgan fingerprint density at radius 3 is 2.66 bits per heavy atom. The highest BCUT2D eigenvalue weighted by molar-refractivity contribution is 5.95. The molecule has 32 heavy (non-hydrogen) atoms. The third-order valence-electron chi connectivity index (χ3n) is 6.62. The van der Waals surface area contributed by atoms with E-state index >= 15 is 0 Å². The molecule has 0 spiro atoms. The lowest BCUT2D eigenvalue weighted by Crippen LogP contribution is -2.42. The van der Waals surface area contributed by atoms with Gasteiger partial charge in [0.05, 0.1) is 25.8 Å². The van der Waals surface area contributed by atoms with Gasteiger partial charge in [-0.2, -0.15) is 0 Å². The summed E-state index contributed by atoms with van der Waals surface area (Å²) in [5.41, 5.74) is 4.49. The lowest BCUT2D eigenvalue weighted by molar-refractivity contribution is 0.0701. The number of hydrogen-bond acceptors (Lipinski definition) is 4. The lowest BCUT2D eigenvalue weighted by atomic mass is 9.82. The van der Waals surface area contributed by atoms with Crippen LogP contribution in [-0.4, -0.2) is 42.2 Å². The summed E-state index contributed by atoms with van der Waals surface area (Å²) in [6, 6.07) is 19.5. The minimum atomic E-state index is -0.365. The monoisotopic (exact) mass is 432 g/mol. The number of aliphatic hydroxyl groups is 1. The maximum absolute atomic E-state index is 13.4. The lowest BCUT2D eigenvalue weighted by Gasteiger charge is -2.39. The van der Waals surface area contributed by atoms with Gasteiger partial charge in [-0.15, -0.1) is 0 Å². The standard InChI is InChI=1S/C26H25FN2O3/c1-32-20-4-2-3-17(13-20)18-7-10-23-22(14-18)25-21(24(15-30)28-23)11-12-29(25)26(31)16-5-8-19(27)9-6-16/h2-10,13-14,21,24-25,28,30H,11-12,15H2,1H3/t21-,24+,25-/m1/s1. The highest BCUT2D eigenvalue weighted by Gasteiger charge is 2.45. The van der Waals surface area contributed by atoms with Crippen LogP contribution in [-0.2, 0) is 0 Å². The van der Waals surface area contributed by atoms with E-state index in [1.54, 1.807) is 7.11 Å². The van der Waals surface area contributed by atoms with Crippen LogP contribution in [0, 0.1) is 11.7 Å². The summed E-state index contributed by atoms with van der Waals surface area (Å²) in [7, 11) is 1.65. The topological polar surface area (TPSA) is 61.8 Å². The molecule has 3 atom stereocenters. The molecule has 1 fully saturated rings. The number of anilines is 1. The summed E-state index contributed by atoms with van der Waals surface area (Å²) in [6.07, 6.45) is 0.790. The maximum Gasteiger partial charge on any atom is 0.254 e. The van der Waals surface area contributed by atoms with Crippen LogP contribution in [0.4, 0.5) is 10.1 Å². The molecule has 3 aromatic carbocycles. The third kappa shape index (κ3) is 3.50. The van der Waals surface area contributed by atoms with E-state index in [4.69, 9.17) is 4.74 Å². The number of nitrogens with one attached hydrogen (secondary N) is 1. The molecule has 0 aromatic heterocycles. The van der Waals surface area contributed by atoms with Gasteiger partial charge in [-0.25, -0.2) is 4.39 Å². The Bertz CT molecular complexity index is 1150. The van der Waals surface area contributed by atoms with Crippen LogP contribution < -0.4 is 10.1 Å². The largest absolute Gasteiger partial charge is 0.497 e. The first-order valence-electron chi connectivity index (χ1n) is 10.8. The number of methoxy groups -OCH3 is 1. The van der Waals surface area contributed by atoms with Crippen molar-refractivity contribution in [1.29, 1.82) is 0 Å². The van der Waals surface area contributed by atoms with E-state index in [0.717, 1.165) is 34.5 Å². The molecule has 6 heteroatoms. The average molecular weight is 432 g/mol. The quantitative estimate of drug-likeness (QED) is 0.638. The van der Waals surface area contributed by atoms with Gasteiger partial charge in [0.1, 0.15) is 11.6 Å². The number of amides is 1. The zero-order valence-corrected chi connectivity index (χ0v) is 17.8. The van der Waals surface area contributed by atoms with Crippen molar-refractivity contribution < 1.29 is 19.0 Å². The Balaban J connectivity index is 1.56. The fourth-order valence-electron chi connectivity index (χ4n) is 5.03. The number of carbonyl (C=O) groups excluding carboxylic acids is 1. The normalized spacial score (nSPS) is 21.5. The molecule has 2 aliphatic heterocycles. The van der Waals surface area contributed by atoms with Crippen molar-refractivity contribution in [3.05, 3.63) is 83.7 Å². The number of halogens is 1. The molecule has 0 aliphatic carbocycles. The number of aliphatic hydroxyl groups excluding tert-OH is 1. The fourth-order valence-corrected chi connectivity index (χ4v) is 5.03. The highest BCUT2D eigenvalue weighted by atomic mass is 19.1. The number of benzene rings is 3. The summed E-state index contributed by atoms with van der Waals surface area (Å²) in [4.78, 5) is 15.2. The predicted molar refractivity (Wildman–Crippen MR) is 121 cm³/mol. The van der Waals surface area contributed by atoms with Crippen molar-refractivity contribution in [3.63, 3.8) is 0 Å². The van der Waals surface area contributed by atoms with Crippen LogP contribution in [0.1, 0.15) is 28.4 Å². The Morgan fingerprint density at radius 1 is 1.12 bits per heavy atom. The van der Waals surface area contributed by atoms with Crippen molar-refractivity contribution >= 4 is 11.6 Å². The van der Waals surface area contributed by atoms with Crippen molar-refractivity contribution in [2.24, 2.45) is 5.92 Å². The molecule has 2 heterocycles. The number of hydrogen-bond donors (Lipinski definition) is 2. The molecule has 2 N–H and O–H groups in total.